The zero-order chi connectivity index (χ0) is 11.4. The number of hydrogen-bond donors (Lipinski definition) is 0. The number of rotatable bonds is 3. The van der Waals surface area contributed by atoms with Gasteiger partial charge in [0.2, 0.25) is 0 Å². The molecule has 0 saturated heterocycles. The average molecular weight is 212 g/mol. The van der Waals surface area contributed by atoms with Crippen LogP contribution in [-0.2, 0) is 0 Å². The van der Waals surface area contributed by atoms with Crippen LogP contribution in [0.5, 0.6) is 5.75 Å². The first kappa shape index (κ1) is 10.4. The molecule has 0 aliphatic carbocycles. The van der Waals surface area contributed by atoms with Gasteiger partial charge < -0.3 is 4.74 Å². The summed E-state index contributed by atoms with van der Waals surface area (Å²) in [4.78, 5) is 10.8. The molecule has 80 valence electrons. The Hall–Kier alpha value is -2.09. The van der Waals surface area contributed by atoms with Gasteiger partial charge in [-0.1, -0.05) is 30.3 Å². The average Bonchev–Trinajstić information content (AvgIpc) is 2.39. The molecule has 0 bridgehead atoms. The zero-order valence-corrected chi connectivity index (χ0v) is 9.01. The van der Waals surface area contributed by atoms with Crippen LogP contribution in [0, 0.1) is 0 Å². The van der Waals surface area contributed by atoms with E-state index >= 15 is 0 Å². The predicted octanol–water partition coefficient (Wildman–Crippen LogP) is 3.17. The first-order chi connectivity index (χ1) is 7.83. The van der Waals surface area contributed by atoms with Gasteiger partial charge in [0, 0.05) is 5.56 Å². The summed E-state index contributed by atoms with van der Waals surface area (Å²) in [6, 6.07) is 15.4. The Morgan fingerprint density at radius 1 is 1.00 bits per heavy atom. The van der Waals surface area contributed by atoms with Crippen molar-refractivity contribution in [3.8, 4) is 16.9 Å². The Labute approximate surface area is 94.5 Å². The number of carbonyl (C=O) groups excluding carboxylic acids is 1. The van der Waals surface area contributed by atoms with Gasteiger partial charge in [0.1, 0.15) is 12.0 Å². The van der Waals surface area contributed by atoms with Crippen molar-refractivity contribution in [3.05, 3.63) is 54.1 Å². The SMILES string of the molecule is COc1cc(C=O)cc(-c2ccccc2)c1. The Kier molecular flexibility index (Phi) is 3.01. The van der Waals surface area contributed by atoms with E-state index in [2.05, 4.69) is 0 Å². The van der Waals surface area contributed by atoms with Gasteiger partial charge in [-0.15, -0.1) is 0 Å². The topological polar surface area (TPSA) is 26.3 Å². The van der Waals surface area contributed by atoms with Crippen LogP contribution in [0.3, 0.4) is 0 Å². The highest BCUT2D eigenvalue weighted by atomic mass is 16.5. The Morgan fingerprint density at radius 2 is 1.75 bits per heavy atom. The Balaban J connectivity index is 2.52. The van der Waals surface area contributed by atoms with E-state index in [0.717, 1.165) is 17.4 Å². The monoisotopic (exact) mass is 212 g/mol. The van der Waals surface area contributed by atoms with Crippen molar-refractivity contribution in [3.63, 3.8) is 0 Å². The highest BCUT2D eigenvalue weighted by Crippen LogP contribution is 2.25. The molecule has 0 aromatic heterocycles. The fourth-order valence-electron chi connectivity index (χ4n) is 1.61. The molecular weight excluding hydrogens is 200 g/mol. The number of methoxy groups -OCH3 is 1. The van der Waals surface area contributed by atoms with Gasteiger partial charge in [-0.2, -0.15) is 0 Å². The van der Waals surface area contributed by atoms with E-state index in [1.54, 1.807) is 13.2 Å². The molecule has 0 unspecified atom stereocenters. The number of hydrogen-bond acceptors (Lipinski definition) is 2. The third kappa shape index (κ3) is 2.11. The van der Waals surface area contributed by atoms with Crippen LogP contribution in [0.25, 0.3) is 11.1 Å². The summed E-state index contributed by atoms with van der Waals surface area (Å²) in [5, 5.41) is 0. The van der Waals surface area contributed by atoms with Crippen LogP contribution in [0.4, 0.5) is 0 Å². The maximum Gasteiger partial charge on any atom is 0.150 e. The molecule has 0 radical (unpaired) electrons. The lowest BCUT2D eigenvalue weighted by atomic mass is 10.0. The molecule has 2 rings (SSSR count). The molecular formula is C14H12O2. The van der Waals surface area contributed by atoms with E-state index in [4.69, 9.17) is 4.74 Å². The molecule has 0 spiro atoms. The first-order valence-electron chi connectivity index (χ1n) is 5.03. The molecule has 0 atom stereocenters. The molecule has 0 saturated carbocycles. The summed E-state index contributed by atoms with van der Waals surface area (Å²) in [6.07, 6.45) is 0.828. The molecule has 0 aliphatic heterocycles. The summed E-state index contributed by atoms with van der Waals surface area (Å²) in [5.41, 5.74) is 2.68. The molecule has 2 aromatic carbocycles. The van der Waals surface area contributed by atoms with E-state index < -0.39 is 0 Å². The van der Waals surface area contributed by atoms with Gasteiger partial charge in [-0.3, -0.25) is 4.79 Å². The molecule has 0 fully saturated rings. The molecule has 0 N–H and O–H groups in total. The van der Waals surface area contributed by atoms with E-state index in [0.29, 0.717) is 11.3 Å². The van der Waals surface area contributed by atoms with Gasteiger partial charge in [-0.25, -0.2) is 0 Å². The summed E-state index contributed by atoms with van der Waals surface area (Å²) < 4.78 is 5.16. The maximum absolute atomic E-state index is 10.8. The Morgan fingerprint density at radius 3 is 2.38 bits per heavy atom. The summed E-state index contributed by atoms with van der Waals surface area (Å²) >= 11 is 0. The van der Waals surface area contributed by atoms with Gasteiger partial charge in [-0.05, 0) is 29.3 Å². The Bertz CT molecular complexity index is 489. The van der Waals surface area contributed by atoms with Gasteiger partial charge in [0.25, 0.3) is 0 Å². The van der Waals surface area contributed by atoms with Gasteiger partial charge in [0.15, 0.2) is 0 Å². The van der Waals surface area contributed by atoms with E-state index in [1.165, 1.54) is 0 Å². The van der Waals surface area contributed by atoms with Crippen LogP contribution in [0.2, 0.25) is 0 Å². The largest absolute Gasteiger partial charge is 0.497 e. The van der Waals surface area contributed by atoms with Crippen LogP contribution < -0.4 is 4.74 Å². The van der Waals surface area contributed by atoms with Gasteiger partial charge >= 0.3 is 0 Å². The normalized spacial score (nSPS) is 9.81. The van der Waals surface area contributed by atoms with Crippen LogP contribution in [-0.4, -0.2) is 13.4 Å². The lowest BCUT2D eigenvalue weighted by Gasteiger charge is -2.06. The van der Waals surface area contributed by atoms with Gasteiger partial charge in [0.05, 0.1) is 7.11 Å². The molecule has 2 heteroatoms. The summed E-state index contributed by atoms with van der Waals surface area (Å²) in [5.74, 6) is 0.698. The third-order valence-corrected chi connectivity index (χ3v) is 2.41. The minimum Gasteiger partial charge on any atom is -0.497 e. The minimum absolute atomic E-state index is 0.623. The highest BCUT2D eigenvalue weighted by molar-refractivity contribution is 5.80. The third-order valence-electron chi connectivity index (χ3n) is 2.41. The van der Waals surface area contributed by atoms with Crippen molar-refractivity contribution in [2.75, 3.05) is 7.11 Å². The second kappa shape index (κ2) is 4.62. The number of ether oxygens (including phenoxy) is 1. The van der Waals surface area contributed by atoms with Crippen molar-refractivity contribution in [2.45, 2.75) is 0 Å². The summed E-state index contributed by atoms with van der Waals surface area (Å²) in [7, 11) is 1.60. The van der Waals surface area contributed by atoms with E-state index in [1.807, 2.05) is 42.5 Å². The quantitative estimate of drug-likeness (QED) is 0.730. The molecule has 0 aliphatic rings. The fourth-order valence-corrected chi connectivity index (χ4v) is 1.61. The smallest absolute Gasteiger partial charge is 0.150 e. The van der Waals surface area contributed by atoms with E-state index in [-0.39, 0.29) is 0 Å². The first-order valence-corrected chi connectivity index (χ1v) is 5.03. The van der Waals surface area contributed by atoms with Crippen molar-refractivity contribution in [2.24, 2.45) is 0 Å². The molecule has 0 heterocycles. The van der Waals surface area contributed by atoms with Crippen molar-refractivity contribution < 1.29 is 9.53 Å². The molecule has 2 nitrogen and oxygen atoms in total. The number of aldehydes is 1. The molecule has 16 heavy (non-hydrogen) atoms. The lowest BCUT2D eigenvalue weighted by molar-refractivity contribution is 0.112. The lowest BCUT2D eigenvalue weighted by Crippen LogP contribution is -1.88. The van der Waals surface area contributed by atoms with Crippen LogP contribution in [0.15, 0.2) is 48.5 Å². The summed E-state index contributed by atoms with van der Waals surface area (Å²) in [6.45, 7) is 0. The highest BCUT2D eigenvalue weighted by Gasteiger charge is 2.02. The number of benzene rings is 2. The molecule has 2 aromatic rings. The van der Waals surface area contributed by atoms with Crippen molar-refractivity contribution in [1.29, 1.82) is 0 Å². The van der Waals surface area contributed by atoms with Crippen LogP contribution in [0.1, 0.15) is 10.4 Å². The fraction of sp³-hybridized carbons (Fsp3) is 0.0714. The van der Waals surface area contributed by atoms with Crippen LogP contribution >= 0.6 is 0 Å². The standard InChI is InChI=1S/C14H12O2/c1-16-14-8-11(10-15)7-13(9-14)12-5-3-2-4-6-12/h2-10H,1H3. The predicted molar refractivity (Wildman–Crippen MR) is 63.8 cm³/mol. The van der Waals surface area contributed by atoms with E-state index in [9.17, 15) is 4.79 Å². The number of carbonyl (C=O) groups is 1. The minimum atomic E-state index is 0.623. The van der Waals surface area contributed by atoms with Crippen molar-refractivity contribution in [1.82, 2.24) is 0 Å². The zero-order valence-electron chi connectivity index (χ0n) is 9.01. The maximum atomic E-state index is 10.8. The molecule has 0 amide bonds. The second-order valence-electron chi connectivity index (χ2n) is 3.48. The second-order valence-corrected chi connectivity index (χ2v) is 3.48. The van der Waals surface area contributed by atoms with Crippen molar-refractivity contribution >= 4 is 6.29 Å².